The third-order valence-corrected chi connectivity index (χ3v) is 4.93. The maximum atomic E-state index is 12.5. The number of para-hydroxylation sites is 1. The molecule has 3 heteroatoms. The average Bonchev–Trinajstić information content (AvgIpc) is 2.53. The SMILES string of the molecule is CCC(C)c1ccccc1OC(=O)c1ccc(C(C)(C)C)c(Br)c1. The second-order valence-electron chi connectivity index (χ2n) is 7.18. The fraction of sp³-hybridized carbons (Fsp3) is 0.381. The Morgan fingerprint density at radius 3 is 2.42 bits per heavy atom. The number of benzene rings is 2. The van der Waals surface area contributed by atoms with Gasteiger partial charge in [-0.15, -0.1) is 0 Å². The molecule has 2 rings (SSSR count). The molecule has 0 fully saturated rings. The number of hydrogen-bond acceptors (Lipinski definition) is 2. The van der Waals surface area contributed by atoms with Crippen LogP contribution in [0.3, 0.4) is 0 Å². The molecule has 128 valence electrons. The maximum Gasteiger partial charge on any atom is 0.343 e. The molecule has 0 heterocycles. The van der Waals surface area contributed by atoms with Crippen molar-refractivity contribution in [3.05, 3.63) is 63.6 Å². The maximum absolute atomic E-state index is 12.5. The van der Waals surface area contributed by atoms with Gasteiger partial charge in [0.2, 0.25) is 0 Å². The number of carbonyl (C=O) groups is 1. The van der Waals surface area contributed by atoms with E-state index in [1.165, 1.54) is 5.56 Å². The summed E-state index contributed by atoms with van der Waals surface area (Å²) in [6.07, 6.45) is 1.00. The Balaban J connectivity index is 2.27. The third-order valence-electron chi connectivity index (χ3n) is 4.28. The van der Waals surface area contributed by atoms with Gasteiger partial charge in [0.15, 0.2) is 0 Å². The molecule has 24 heavy (non-hydrogen) atoms. The van der Waals surface area contributed by atoms with Gasteiger partial charge in [-0.3, -0.25) is 0 Å². The van der Waals surface area contributed by atoms with Crippen molar-refractivity contribution >= 4 is 21.9 Å². The van der Waals surface area contributed by atoms with Gasteiger partial charge < -0.3 is 4.74 Å². The molecule has 0 saturated carbocycles. The van der Waals surface area contributed by atoms with Crippen LogP contribution >= 0.6 is 15.9 Å². The Bertz CT molecular complexity index is 729. The van der Waals surface area contributed by atoms with E-state index < -0.39 is 0 Å². The van der Waals surface area contributed by atoms with Crippen LogP contribution in [0, 0.1) is 0 Å². The number of ether oxygens (including phenoxy) is 1. The zero-order chi connectivity index (χ0) is 17.9. The normalized spacial score (nSPS) is 12.8. The highest BCUT2D eigenvalue weighted by molar-refractivity contribution is 9.10. The van der Waals surface area contributed by atoms with Crippen LogP contribution in [-0.2, 0) is 5.41 Å². The summed E-state index contributed by atoms with van der Waals surface area (Å²) < 4.78 is 6.61. The molecule has 1 atom stereocenters. The van der Waals surface area contributed by atoms with Crippen LogP contribution in [0.25, 0.3) is 0 Å². The lowest BCUT2D eigenvalue weighted by Gasteiger charge is -2.21. The fourth-order valence-electron chi connectivity index (χ4n) is 2.61. The van der Waals surface area contributed by atoms with E-state index in [2.05, 4.69) is 50.5 Å². The van der Waals surface area contributed by atoms with Gasteiger partial charge in [-0.2, -0.15) is 0 Å². The molecular formula is C21H25BrO2. The summed E-state index contributed by atoms with van der Waals surface area (Å²) >= 11 is 3.58. The van der Waals surface area contributed by atoms with E-state index in [9.17, 15) is 4.79 Å². The van der Waals surface area contributed by atoms with Gasteiger partial charge in [0, 0.05) is 4.47 Å². The Labute approximate surface area is 153 Å². The second kappa shape index (κ2) is 7.52. The predicted octanol–water partition coefficient (Wildman–Crippen LogP) is 6.48. The van der Waals surface area contributed by atoms with E-state index in [0.29, 0.717) is 17.2 Å². The molecule has 2 aromatic carbocycles. The van der Waals surface area contributed by atoms with Crippen molar-refractivity contribution in [2.24, 2.45) is 0 Å². The molecule has 0 aliphatic heterocycles. The minimum atomic E-state index is -0.327. The molecule has 0 aliphatic rings. The van der Waals surface area contributed by atoms with Crippen molar-refractivity contribution in [3.63, 3.8) is 0 Å². The highest BCUT2D eigenvalue weighted by atomic mass is 79.9. The van der Waals surface area contributed by atoms with E-state index in [0.717, 1.165) is 16.5 Å². The lowest BCUT2D eigenvalue weighted by atomic mass is 9.86. The molecule has 0 amide bonds. The Morgan fingerprint density at radius 1 is 1.17 bits per heavy atom. The second-order valence-corrected chi connectivity index (χ2v) is 8.04. The van der Waals surface area contributed by atoms with Crippen molar-refractivity contribution in [2.75, 3.05) is 0 Å². The molecule has 1 unspecified atom stereocenters. The van der Waals surface area contributed by atoms with Crippen molar-refractivity contribution < 1.29 is 9.53 Å². The lowest BCUT2D eigenvalue weighted by Crippen LogP contribution is -2.14. The number of carbonyl (C=O) groups excluding carboxylic acids is 1. The first-order chi connectivity index (χ1) is 11.2. The van der Waals surface area contributed by atoms with E-state index in [1.807, 2.05) is 42.5 Å². The first-order valence-electron chi connectivity index (χ1n) is 8.35. The number of esters is 1. The lowest BCUT2D eigenvalue weighted by molar-refractivity contribution is 0.0732. The van der Waals surface area contributed by atoms with Crippen molar-refractivity contribution in [3.8, 4) is 5.75 Å². The molecule has 0 bridgehead atoms. The van der Waals surface area contributed by atoms with Gasteiger partial charge in [-0.25, -0.2) is 4.79 Å². The molecule has 0 spiro atoms. The predicted molar refractivity (Wildman–Crippen MR) is 103 cm³/mol. The van der Waals surface area contributed by atoms with Gasteiger partial charge in [0.05, 0.1) is 5.56 Å². The van der Waals surface area contributed by atoms with Gasteiger partial charge in [-0.05, 0) is 47.1 Å². The Kier molecular flexibility index (Phi) is 5.87. The smallest absolute Gasteiger partial charge is 0.343 e. The molecular weight excluding hydrogens is 364 g/mol. The largest absolute Gasteiger partial charge is 0.423 e. The highest BCUT2D eigenvalue weighted by Gasteiger charge is 2.20. The van der Waals surface area contributed by atoms with Crippen LogP contribution in [0.1, 0.15) is 68.4 Å². The zero-order valence-corrected chi connectivity index (χ0v) is 16.6. The number of rotatable bonds is 4. The van der Waals surface area contributed by atoms with Gasteiger partial charge >= 0.3 is 5.97 Å². The molecule has 2 nitrogen and oxygen atoms in total. The van der Waals surface area contributed by atoms with Crippen LogP contribution < -0.4 is 4.74 Å². The van der Waals surface area contributed by atoms with Crippen LogP contribution in [-0.4, -0.2) is 5.97 Å². The fourth-order valence-corrected chi connectivity index (χ4v) is 3.58. The van der Waals surface area contributed by atoms with Crippen LogP contribution in [0.2, 0.25) is 0 Å². The molecule has 0 radical (unpaired) electrons. The monoisotopic (exact) mass is 388 g/mol. The summed E-state index contributed by atoms with van der Waals surface area (Å²) in [6, 6.07) is 13.4. The average molecular weight is 389 g/mol. The minimum absolute atomic E-state index is 0.0183. The quantitative estimate of drug-likeness (QED) is 0.442. The topological polar surface area (TPSA) is 26.3 Å². The molecule has 0 aromatic heterocycles. The number of hydrogen-bond donors (Lipinski definition) is 0. The first kappa shape index (κ1) is 18.7. The Morgan fingerprint density at radius 2 is 1.83 bits per heavy atom. The third kappa shape index (κ3) is 4.27. The highest BCUT2D eigenvalue weighted by Crippen LogP contribution is 2.32. The molecule has 0 aliphatic carbocycles. The standard InChI is InChI=1S/C21H25BrO2/c1-6-14(2)16-9-7-8-10-19(16)24-20(23)15-11-12-17(18(22)13-15)21(3,4)5/h7-14H,6H2,1-5H3. The minimum Gasteiger partial charge on any atom is -0.423 e. The summed E-state index contributed by atoms with van der Waals surface area (Å²) in [5, 5.41) is 0. The van der Waals surface area contributed by atoms with Crippen molar-refractivity contribution in [1.82, 2.24) is 0 Å². The summed E-state index contributed by atoms with van der Waals surface area (Å²) in [7, 11) is 0. The summed E-state index contributed by atoms with van der Waals surface area (Å²) in [5.41, 5.74) is 2.80. The molecule has 0 N–H and O–H groups in total. The molecule has 0 saturated heterocycles. The van der Waals surface area contributed by atoms with Crippen LogP contribution in [0.4, 0.5) is 0 Å². The van der Waals surface area contributed by atoms with Gasteiger partial charge in [-0.1, -0.05) is 74.8 Å². The van der Waals surface area contributed by atoms with E-state index in [1.54, 1.807) is 0 Å². The summed E-state index contributed by atoms with van der Waals surface area (Å²) in [5.74, 6) is 0.670. The zero-order valence-electron chi connectivity index (χ0n) is 15.0. The van der Waals surface area contributed by atoms with Gasteiger partial charge in [0.25, 0.3) is 0 Å². The van der Waals surface area contributed by atoms with E-state index in [4.69, 9.17) is 4.74 Å². The van der Waals surface area contributed by atoms with E-state index in [-0.39, 0.29) is 11.4 Å². The summed E-state index contributed by atoms with van der Waals surface area (Å²) in [4.78, 5) is 12.5. The van der Waals surface area contributed by atoms with Crippen molar-refractivity contribution in [2.45, 2.75) is 52.4 Å². The number of halogens is 1. The van der Waals surface area contributed by atoms with Gasteiger partial charge in [0.1, 0.15) is 5.75 Å². The van der Waals surface area contributed by atoms with Crippen LogP contribution in [0.15, 0.2) is 46.9 Å². The van der Waals surface area contributed by atoms with Crippen LogP contribution in [0.5, 0.6) is 5.75 Å². The van der Waals surface area contributed by atoms with E-state index >= 15 is 0 Å². The molecule has 2 aromatic rings. The summed E-state index contributed by atoms with van der Waals surface area (Å²) in [6.45, 7) is 10.7. The first-order valence-corrected chi connectivity index (χ1v) is 9.14. The van der Waals surface area contributed by atoms with Crippen molar-refractivity contribution in [1.29, 1.82) is 0 Å². The Hall–Kier alpha value is -1.61.